The number of likely N-dealkylation sites (tertiary alicyclic amines) is 1. The Bertz CT molecular complexity index is 353. The molecule has 3 atom stereocenters. The van der Waals surface area contributed by atoms with E-state index in [1.54, 1.807) is 0 Å². The van der Waals surface area contributed by atoms with Crippen LogP contribution >= 0.6 is 0 Å². The predicted octanol–water partition coefficient (Wildman–Crippen LogP) is 3.44. The summed E-state index contributed by atoms with van der Waals surface area (Å²) in [6.45, 7) is 12.7. The molecule has 0 aromatic carbocycles. The predicted molar refractivity (Wildman–Crippen MR) is 88.2 cm³/mol. The summed E-state index contributed by atoms with van der Waals surface area (Å²) in [6.07, 6.45) is 6.29. The van der Waals surface area contributed by atoms with Gasteiger partial charge in [-0.1, -0.05) is 41.0 Å². The zero-order valence-electron chi connectivity index (χ0n) is 14.6. The molecule has 1 saturated heterocycles. The molecule has 0 radical (unpaired) electrons. The number of hydrogen-bond donors (Lipinski definition) is 1. The minimum atomic E-state index is -0.242. The maximum Gasteiger partial charge on any atom is 0.227 e. The Kier molecular flexibility index (Phi) is 5.34. The number of amides is 1. The van der Waals surface area contributed by atoms with E-state index in [-0.39, 0.29) is 5.41 Å². The van der Waals surface area contributed by atoms with Crippen LogP contribution in [0.4, 0.5) is 0 Å². The van der Waals surface area contributed by atoms with Gasteiger partial charge in [0.05, 0.1) is 0 Å². The lowest BCUT2D eigenvalue weighted by atomic mass is 9.79. The van der Waals surface area contributed by atoms with E-state index in [0.717, 1.165) is 37.8 Å². The van der Waals surface area contributed by atoms with Crippen LogP contribution in [0.1, 0.15) is 66.7 Å². The summed E-state index contributed by atoms with van der Waals surface area (Å²) in [5.41, 5.74) is -0.242. The number of rotatable bonds is 2. The first-order chi connectivity index (χ1) is 9.77. The SMILES string of the molecule is CC1CCC(C)C(NC2CCN(C(=O)C(C)(C)C)CC2)C1. The van der Waals surface area contributed by atoms with Crippen molar-refractivity contribution in [2.24, 2.45) is 17.3 Å². The van der Waals surface area contributed by atoms with Crippen LogP contribution < -0.4 is 5.32 Å². The molecule has 0 spiro atoms. The van der Waals surface area contributed by atoms with Gasteiger partial charge in [-0.25, -0.2) is 0 Å². The number of piperidine rings is 1. The average molecular weight is 294 g/mol. The highest BCUT2D eigenvalue weighted by Crippen LogP contribution is 2.29. The van der Waals surface area contributed by atoms with E-state index in [4.69, 9.17) is 0 Å². The van der Waals surface area contributed by atoms with E-state index < -0.39 is 0 Å². The minimum absolute atomic E-state index is 0.242. The van der Waals surface area contributed by atoms with Crippen molar-refractivity contribution in [2.75, 3.05) is 13.1 Å². The van der Waals surface area contributed by atoms with Gasteiger partial charge >= 0.3 is 0 Å². The molecule has 2 fully saturated rings. The molecule has 1 N–H and O–H groups in total. The topological polar surface area (TPSA) is 32.3 Å². The van der Waals surface area contributed by atoms with Crippen LogP contribution in [-0.4, -0.2) is 36.0 Å². The Morgan fingerprint density at radius 1 is 1.05 bits per heavy atom. The molecule has 0 bridgehead atoms. The quantitative estimate of drug-likeness (QED) is 0.846. The third-order valence-electron chi connectivity index (χ3n) is 5.33. The fraction of sp³-hybridized carbons (Fsp3) is 0.944. The molecular weight excluding hydrogens is 260 g/mol. The maximum absolute atomic E-state index is 12.3. The van der Waals surface area contributed by atoms with Crippen LogP contribution in [0, 0.1) is 17.3 Å². The highest BCUT2D eigenvalue weighted by molar-refractivity contribution is 5.81. The van der Waals surface area contributed by atoms with E-state index in [2.05, 4.69) is 24.1 Å². The minimum Gasteiger partial charge on any atom is -0.342 e. The number of nitrogens with zero attached hydrogens (tertiary/aromatic N) is 1. The number of carbonyl (C=O) groups is 1. The summed E-state index contributed by atoms with van der Waals surface area (Å²) in [4.78, 5) is 14.4. The summed E-state index contributed by atoms with van der Waals surface area (Å²) >= 11 is 0. The second-order valence-corrected chi connectivity index (χ2v) is 8.49. The highest BCUT2D eigenvalue weighted by Gasteiger charge is 2.32. The molecule has 3 heteroatoms. The molecule has 1 aliphatic carbocycles. The van der Waals surface area contributed by atoms with E-state index in [9.17, 15) is 4.79 Å². The van der Waals surface area contributed by atoms with Crippen molar-refractivity contribution in [1.29, 1.82) is 0 Å². The summed E-state index contributed by atoms with van der Waals surface area (Å²) < 4.78 is 0. The van der Waals surface area contributed by atoms with Crippen molar-refractivity contribution in [1.82, 2.24) is 10.2 Å². The zero-order valence-corrected chi connectivity index (χ0v) is 14.6. The van der Waals surface area contributed by atoms with Gasteiger partial charge in [-0.3, -0.25) is 4.79 Å². The smallest absolute Gasteiger partial charge is 0.227 e. The lowest BCUT2D eigenvalue weighted by Gasteiger charge is -2.40. The number of hydrogen-bond acceptors (Lipinski definition) is 2. The standard InChI is InChI=1S/C18H34N2O/c1-13-6-7-14(2)16(12-13)19-15-8-10-20(11-9-15)17(21)18(3,4)5/h13-16,19H,6-12H2,1-5H3. The van der Waals surface area contributed by atoms with Crippen LogP contribution in [-0.2, 0) is 4.79 Å². The maximum atomic E-state index is 12.3. The molecule has 1 heterocycles. The Labute approximate surface area is 130 Å². The van der Waals surface area contributed by atoms with Crippen LogP contribution in [0.2, 0.25) is 0 Å². The average Bonchev–Trinajstić information content (AvgIpc) is 2.42. The first-order valence-corrected chi connectivity index (χ1v) is 8.83. The Hall–Kier alpha value is -0.570. The van der Waals surface area contributed by atoms with Crippen LogP contribution in [0.25, 0.3) is 0 Å². The van der Waals surface area contributed by atoms with Gasteiger partial charge in [0.2, 0.25) is 5.91 Å². The van der Waals surface area contributed by atoms with Crippen LogP contribution in [0.3, 0.4) is 0 Å². The van der Waals surface area contributed by atoms with Crippen molar-refractivity contribution in [3.63, 3.8) is 0 Å². The summed E-state index contributed by atoms with van der Waals surface area (Å²) in [5, 5.41) is 3.90. The van der Waals surface area contributed by atoms with Crippen molar-refractivity contribution in [3.05, 3.63) is 0 Å². The fourth-order valence-electron chi connectivity index (χ4n) is 3.79. The lowest BCUT2D eigenvalue weighted by Crippen LogP contribution is -2.52. The van der Waals surface area contributed by atoms with Gasteiger partial charge < -0.3 is 10.2 Å². The first-order valence-electron chi connectivity index (χ1n) is 8.83. The molecule has 0 aromatic rings. The summed E-state index contributed by atoms with van der Waals surface area (Å²) in [7, 11) is 0. The molecule has 1 saturated carbocycles. The van der Waals surface area contributed by atoms with Gasteiger partial charge in [0.25, 0.3) is 0 Å². The third kappa shape index (κ3) is 4.45. The molecule has 0 aromatic heterocycles. The zero-order chi connectivity index (χ0) is 15.6. The van der Waals surface area contributed by atoms with Crippen molar-refractivity contribution < 1.29 is 4.79 Å². The Balaban J connectivity index is 1.80. The van der Waals surface area contributed by atoms with E-state index in [1.807, 2.05) is 20.8 Å². The largest absolute Gasteiger partial charge is 0.342 e. The molecule has 2 aliphatic rings. The van der Waals surface area contributed by atoms with Crippen molar-refractivity contribution in [3.8, 4) is 0 Å². The van der Waals surface area contributed by atoms with Gasteiger partial charge in [0.1, 0.15) is 0 Å². The van der Waals surface area contributed by atoms with Crippen molar-refractivity contribution >= 4 is 5.91 Å². The molecular formula is C18H34N2O. The molecule has 1 aliphatic heterocycles. The highest BCUT2D eigenvalue weighted by atomic mass is 16.2. The summed E-state index contributed by atoms with van der Waals surface area (Å²) in [5.74, 6) is 1.97. The van der Waals surface area contributed by atoms with E-state index in [1.165, 1.54) is 19.3 Å². The van der Waals surface area contributed by atoms with Gasteiger partial charge in [-0.15, -0.1) is 0 Å². The van der Waals surface area contributed by atoms with Gasteiger partial charge in [-0.2, -0.15) is 0 Å². The second-order valence-electron chi connectivity index (χ2n) is 8.49. The normalized spacial score (nSPS) is 32.2. The Morgan fingerprint density at radius 3 is 2.24 bits per heavy atom. The van der Waals surface area contributed by atoms with Gasteiger partial charge in [0.15, 0.2) is 0 Å². The van der Waals surface area contributed by atoms with Crippen LogP contribution in [0.5, 0.6) is 0 Å². The van der Waals surface area contributed by atoms with Gasteiger partial charge in [-0.05, 0) is 37.5 Å². The molecule has 1 amide bonds. The number of carbonyl (C=O) groups excluding carboxylic acids is 1. The van der Waals surface area contributed by atoms with E-state index >= 15 is 0 Å². The molecule has 21 heavy (non-hydrogen) atoms. The van der Waals surface area contributed by atoms with Crippen molar-refractivity contribution in [2.45, 2.75) is 78.8 Å². The monoisotopic (exact) mass is 294 g/mol. The van der Waals surface area contributed by atoms with E-state index in [0.29, 0.717) is 18.0 Å². The second kappa shape index (κ2) is 6.68. The molecule has 122 valence electrons. The first kappa shape index (κ1) is 16.8. The van der Waals surface area contributed by atoms with Crippen LogP contribution in [0.15, 0.2) is 0 Å². The number of nitrogens with one attached hydrogen (secondary N) is 1. The Morgan fingerprint density at radius 2 is 1.67 bits per heavy atom. The molecule has 3 unspecified atom stereocenters. The lowest BCUT2D eigenvalue weighted by molar-refractivity contribution is -0.140. The molecule has 3 nitrogen and oxygen atoms in total. The fourth-order valence-corrected chi connectivity index (χ4v) is 3.79. The third-order valence-corrected chi connectivity index (χ3v) is 5.33. The summed E-state index contributed by atoms with van der Waals surface area (Å²) in [6, 6.07) is 1.29. The molecule has 2 rings (SSSR count). The van der Waals surface area contributed by atoms with Gasteiger partial charge in [0, 0.05) is 30.6 Å².